The summed E-state index contributed by atoms with van der Waals surface area (Å²) in [5, 5.41) is 11.0. The highest BCUT2D eigenvalue weighted by Crippen LogP contribution is 2.08. The molecule has 15 heavy (non-hydrogen) atoms. The second-order valence-electron chi connectivity index (χ2n) is 4.56. The van der Waals surface area contributed by atoms with Crippen molar-refractivity contribution in [1.29, 1.82) is 0 Å². The van der Waals surface area contributed by atoms with Crippen LogP contribution in [0.15, 0.2) is 0 Å². The Kier molecular flexibility index (Phi) is 5.57. The van der Waals surface area contributed by atoms with Crippen molar-refractivity contribution in [3.05, 3.63) is 0 Å². The fourth-order valence-corrected chi connectivity index (χ4v) is 1.03. The van der Waals surface area contributed by atoms with E-state index in [4.69, 9.17) is 9.84 Å². The van der Waals surface area contributed by atoms with Gasteiger partial charge in [0.1, 0.15) is 11.8 Å². The van der Waals surface area contributed by atoms with Gasteiger partial charge in [-0.05, 0) is 27.7 Å². The van der Waals surface area contributed by atoms with Crippen LogP contribution >= 0.6 is 0 Å². The van der Waals surface area contributed by atoms with Gasteiger partial charge < -0.3 is 15.2 Å². The minimum absolute atomic E-state index is 0.0791. The molecule has 0 saturated carbocycles. The Hall–Kier alpha value is -0.840. The van der Waals surface area contributed by atoms with Crippen LogP contribution in [-0.2, 0) is 4.74 Å². The molecule has 5 heteroatoms. The summed E-state index contributed by atoms with van der Waals surface area (Å²) in [6, 6.07) is -0.359. The number of hydrogen-bond donors (Lipinski definition) is 2. The Balaban J connectivity index is 3.87. The molecule has 4 nitrogen and oxygen atoms in total. The maximum Gasteiger partial charge on any atom is 0.407 e. The highest BCUT2D eigenvalue weighted by Gasteiger charge is 2.19. The van der Waals surface area contributed by atoms with Gasteiger partial charge >= 0.3 is 6.09 Å². The predicted octanol–water partition coefficient (Wildman–Crippen LogP) is 1.62. The topological polar surface area (TPSA) is 58.6 Å². The van der Waals surface area contributed by atoms with Gasteiger partial charge in [-0.25, -0.2) is 9.18 Å². The minimum Gasteiger partial charge on any atom is -0.444 e. The van der Waals surface area contributed by atoms with Crippen molar-refractivity contribution in [2.45, 2.75) is 51.9 Å². The molecule has 0 aliphatic carbocycles. The number of carbonyl (C=O) groups excluding carboxylic acids is 1. The summed E-state index contributed by atoms with van der Waals surface area (Å²) in [5.74, 6) is 0. The Morgan fingerprint density at radius 3 is 2.47 bits per heavy atom. The van der Waals surface area contributed by atoms with Crippen LogP contribution < -0.4 is 5.32 Å². The summed E-state index contributed by atoms with van der Waals surface area (Å²) < 4.78 is 17.7. The highest BCUT2D eigenvalue weighted by atomic mass is 19.1. The van der Waals surface area contributed by atoms with Crippen molar-refractivity contribution in [1.82, 2.24) is 5.32 Å². The van der Waals surface area contributed by atoms with E-state index in [1.807, 2.05) is 0 Å². The molecule has 0 heterocycles. The number of halogens is 1. The summed E-state index contributed by atoms with van der Waals surface area (Å²) in [7, 11) is 0. The molecule has 0 saturated heterocycles. The van der Waals surface area contributed by atoms with Gasteiger partial charge in [0.25, 0.3) is 0 Å². The maximum atomic E-state index is 12.7. The van der Waals surface area contributed by atoms with E-state index in [2.05, 4.69) is 5.32 Å². The zero-order chi connectivity index (χ0) is 12.1. The first-order valence-electron chi connectivity index (χ1n) is 4.99. The monoisotopic (exact) mass is 221 g/mol. The van der Waals surface area contributed by atoms with Gasteiger partial charge in [0.2, 0.25) is 0 Å². The van der Waals surface area contributed by atoms with Crippen LogP contribution in [0, 0.1) is 0 Å². The smallest absolute Gasteiger partial charge is 0.407 e. The Bertz CT molecular complexity index is 203. The molecule has 0 bridgehead atoms. The van der Waals surface area contributed by atoms with Crippen molar-refractivity contribution >= 4 is 6.09 Å². The zero-order valence-corrected chi connectivity index (χ0v) is 9.71. The third-order valence-corrected chi connectivity index (χ3v) is 1.57. The van der Waals surface area contributed by atoms with Crippen molar-refractivity contribution in [3.8, 4) is 0 Å². The number of carbonyl (C=O) groups is 1. The van der Waals surface area contributed by atoms with E-state index in [0.717, 1.165) is 0 Å². The van der Waals surface area contributed by atoms with Crippen molar-refractivity contribution in [2.75, 3.05) is 6.61 Å². The standard InChI is InChI=1S/C10H20FNO3/c1-7(5-8(11)6-13)12-9(14)15-10(2,3)4/h7-8,13H,5-6H2,1-4H3,(H,12,14)/t7-,8+/m0/s1. The lowest BCUT2D eigenvalue weighted by Gasteiger charge is -2.22. The van der Waals surface area contributed by atoms with Crippen molar-refractivity contribution < 1.29 is 19.0 Å². The fourth-order valence-electron chi connectivity index (χ4n) is 1.03. The number of aliphatic hydroxyl groups is 1. The van der Waals surface area contributed by atoms with Gasteiger partial charge in [-0.1, -0.05) is 0 Å². The molecule has 90 valence electrons. The third kappa shape index (κ3) is 8.17. The average Bonchev–Trinajstić information content (AvgIpc) is 1.99. The fraction of sp³-hybridized carbons (Fsp3) is 0.900. The van der Waals surface area contributed by atoms with Crippen molar-refractivity contribution in [3.63, 3.8) is 0 Å². The van der Waals surface area contributed by atoms with E-state index in [1.54, 1.807) is 27.7 Å². The van der Waals surface area contributed by atoms with Gasteiger partial charge in [-0.15, -0.1) is 0 Å². The van der Waals surface area contributed by atoms with E-state index >= 15 is 0 Å². The first-order chi connectivity index (χ1) is 6.74. The molecular formula is C10H20FNO3. The molecule has 0 aliphatic heterocycles. The largest absolute Gasteiger partial charge is 0.444 e. The van der Waals surface area contributed by atoms with Crippen LogP contribution in [0.3, 0.4) is 0 Å². The van der Waals surface area contributed by atoms with Crippen LogP contribution in [0.1, 0.15) is 34.1 Å². The van der Waals surface area contributed by atoms with Crippen LogP contribution in [0.5, 0.6) is 0 Å². The minimum atomic E-state index is -1.31. The van der Waals surface area contributed by atoms with Gasteiger partial charge in [-0.2, -0.15) is 0 Å². The molecule has 0 fully saturated rings. The lowest BCUT2D eigenvalue weighted by Crippen LogP contribution is -2.39. The SMILES string of the molecule is C[C@@H](C[C@@H](F)CO)NC(=O)OC(C)(C)C. The normalized spacial score (nSPS) is 15.6. The van der Waals surface area contributed by atoms with Gasteiger partial charge in [0, 0.05) is 12.5 Å². The Morgan fingerprint density at radius 2 is 2.07 bits per heavy atom. The molecule has 0 aromatic heterocycles. The molecule has 0 aromatic carbocycles. The third-order valence-electron chi connectivity index (χ3n) is 1.57. The molecule has 1 amide bonds. The van der Waals surface area contributed by atoms with Crippen LogP contribution in [0.25, 0.3) is 0 Å². The van der Waals surface area contributed by atoms with E-state index in [0.29, 0.717) is 0 Å². The van der Waals surface area contributed by atoms with Gasteiger partial charge in [-0.3, -0.25) is 0 Å². The number of rotatable bonds is 4. The van der Waals surface area contributed by atoms with E-state index in [1.165, 1.54) is 0 Å². The first kappa shape index (κ1) is 14.2. The first-order valence-corrected chi connectivity index (χ1v) is 4.99. The van der Waals surface area contributed by atoms with Crippen LogP contribution in [-0.4, -0.2) is 35.6 Å². The Morgan fingerprint density at radius 1 is 1.53 bits per heavy atom. The molecule has 2 N–H and O–H groups in total. The number of ether oxygens (including phenoxy) is 1. The lowest BCUT2D eigenvalue weighted by atomic mass is 10.1. The molecule has 0 spiro atoms. The second-order valence-corrected chi connectivity index (χ2v) is 4.56. The van der Waals surface area contributed by atoms with Crippen molar-refractivity contribution in [2.24, 2.45) is 0 Å². The highest BCUT2D eigenvalue weighted by molar-refractivity contribution is 5.67. The predicted molar refractivity (Wildman–Crippen MR) is 55.4 cm³/mol. The van der Waals surface area contributed by atoms with E-state index < -0.39 is 24.5 Å². The summed E-state index contributed by atoms with van der Waals surface area (Å²) >= 11 is 0. The summed E-state index contributed by atoms with van der Waals surface area (Å²) in [6.07, 6.45) is -1.80. The van der Waals surface area contributed by atoms with E-state index in [9.17, 15) is 9.18 Å². The summed E-state index contributed by atoms with van der Waals surface area (Å²) in [5.41, 5.74) is -0.560. The molecule has 0 aromatic rings. The average molecular weight is 221 g/mol. The molecule has 0 radical (unpaired) electrons. The number of hydrogen-bond acceptors (Lipinski definition) is 3. The quantitative estimate of drug-likeness (QED) is 0.758. The van der Waals surface area contributed by atoms with Gasteiger partial charge in [0.05, 0.1) is 6.61 Å². The molecule has 2 atom stereocenters. The lowest BCUT2D eigenvalue weighted by molar-refractivity contribution is 0.0494. The number of amides is 1. The molecule has 0 unspecified atom stereocenters. The maximum absolute atomic E-state index is 12.7. The number of nitrogens with one attached hydrogen (secondary N) is 1. The van der Waals surface area contributed by atoms with E-state index in [-0.39, 0.29) is 12.5 Å². The van der Waals surface area contributed by atoms with Crippen LogP contribution in [0.2, 0.25) is 0 Å². The molecule has 0 aliphatic rings. The zero-order valence-electron chi connectivity index (χ0n) is 9.71. The number of alkyl carbamates (subject to hydrolysis) is 1. The summed E-state index contributed by atoms with van der Waals surface area (Å²) in [6.45, 7) is 6.39. The van der Waals surface area contributed by atoms with Gasteiger partial charge in [0.15, 0.2) is 0 Å². The molecular weight excluding hydrogens is 201 g/mol. The molecule has 0 rings (SSSR count). The number of aliphatic hydroxyl groups excluding tert-OH is 1. The number of alkyl halides is 1. The van der Waals surface area contributed by atoms with Crippen LogP contribution in [0.4, 0.5) is 9.18 Å². The Labute approximate surface area is 89.8 Å². The second kappa shape index (κ2) is 5.90. The summed E-state index contributed by atoms with van der Waals surface area (Å²) in [4.78, 5) is 11.2.